The fourth-order valence-corrected chi connectivity index (χ4v) is 3.65. The molecule has 2 aromatic rings. The van der Waals surface area contributed by atoms with Crippen LogP contribution in [0, 0.1) is 0 Å². The average Bonchev–Trinajstić information content (AvgIpc) is 2.73. The van der Waals surface area contributed by atoms with E-state index in [1.165, 1.54) is 11.1 Å². The SMILES string of the molecule is CN=C(NCc1ccc(C(C)(C)C)cc1)NC1CCN(Cc2ccccn2)CC1. The predicted molar refractivity (Wildman–Crippen MR) is 121 cm³/mol. The van der Waals surface area contributed by atoms with Gasteiger partial charge in [0.1, 0.15) is 0 Å². The van der Waals surface area contributed by atoms with Crippen molar-refractivity contribution in [3.05, 3.63) is 65.5 Å². The Morgan fingerprint density at radius 2 is 1.83 bits per heavy atom. The summed E-state index contributed by atoms with van der Waals surface area (Å²) in [5.41, 5.74) is 3.97. The van der Waals surface area contributed by atoms with Gasteiger partial charge in [-0.25, -0.2) is 0 Å². The molecule has 1 saturated heterocycles. The molecule has 0 saturated carbocycles. The van der Waals surface area contributed by atoms with Gasteiger partial charge in [-0.15, -0.1) is 0 Å². The molecule has 0 radical (unpaired) electrons. The molecule has 0 amide bonds. The van der Waals surface area contributed by atoms with Crippen LogP contribution < -0.4 is 10.6 Å². The van der Waals surface area contributed by atoms with Gasteiger partial charge in [0, 0.05) is 45.5 Å². The normalized spacial score (nSPS) is 16.6. The lowest BCUT2D eigenvalue weighted by Gasteiger charge is -2.32. The lowest BCUT2D eigenvalue weighted by molar-refractivity contribution is 0.196. The third kappa shape index (κ3) is 6.57. The fraction of sp³-hybridized carbons (Fsp3) is 0.500. The first-order chi connectivity index (χ1) is 13.9. The molecule has 0 spiro atoms. The number of hydrogen-bond acceptors (Lipinski definition) is 3. The van der Waals surface area contributed by atoms with Crippen molar-refractivity contribution in [3.63, 3.8) is 0 Å². The Labute approximate surface area is 175 Å². The summed E-state index contributed by atoms with van der Waals surface area (Å²) in [6.07, 6.45) is 4.11. The van der Waals surface area contributed by atoms with E-state index in [-0.39, 0.29) is 5.41 Å². The largest absolute Gasteiger partial charge is 0.354 e. The maximum absolute atomic E-state index is 4.44. The lowest BCUT2D eigenvalue weighted by atomic mass is 9.87. The molecule has 1 aromatic carbocycles. The zero-order chi connectivity index (χ0) is 20.7. The summed E-state index contributed by atoms with van der Waals surface area (Å²) in [6, 6.07) is 15.5. The quantitative estimate of drug-likeness (QED) is 0.601. The first-order valence-corrected chi connectivity index (χ1v) is 10.6. The smallest absolute Gasteiger partial charge is 0.191 e. The van der Waals surface area contributed by atoms with Gasteiger partial charge < -0.3 is 10.6 Å². The van der Waals surface area contributed by atoms with Gasteiger partial charge in [0.2, 0.25) is 0 Å². The van der Waals surface area contributed by atoms with Crippen LogP contribution in [0.1, 0.15) is 50.4 Å². The number of piperidine rings is 1. The molecule has 0 aliphatic carbocycles. The lowest BCUT2D eigenvalue weighted by Crippen LogP contribution is -2.48. The third-order valence-corrected chi connectivity index (χ3v) is 5.54. The molecule has 1 fully saturated rings. The van der Waals surface area contributed by atoms with Gasteiger partial charge in [0.25, 0.3) is 0 Å². The Hall–Kier alpha value is -2.40. The predicted octanol–water partition coefficient (Wildman–Crippen LogP) is 3.71. The number of nitrogens with one attached hydrogen (secondary N) is 2. The van der Waals surface area contributed by atoms with E-state index in [1.807, 2.05) is 19.3 Å². The zero-order valence-electron chi connectivity index (χ0n) is 18.3. The van der Waals surface area contributed by atoms with Crippen LogP contribution in [0.2, 0.25) is 0 Å². The number of pyridine rings is 1. The summed E-state index contributed by atoms with van der Waals surface area (Å²) in [5.74, 6) is 0.882. The Morgan fingerprint density at radius 1 is 1.10 bits per heavy atom. The van der Waals surface area contributed by atoms with Crippen LogP contribution in [0.25, 0.3) is 0 Å². The number of aliphatic imine (C=N–C) groups is 1. The fourth-order valence-electron chi connectivity index (χ4n) is 3.65. The number of aromatic nitrogens is 1. The highest BCUT2D eigenvalue weighted by Gasteiger charge is 2.20. The number of benzene rings is 1. The molecule has 1 aliphatic rings. The van der Waals surface area contributed by atoms with E-state index in [4.69, 9.17) is 0 Å². The van der Waals surface area contributed by atoms with E-state index in [0.717, 1.165) is 50.7 Å². The molecule has 5 nitrogen and oxygen atoms in total. The molecule has 3 rings (SSSR count). The van der Waals surface area contributed by atoms with E-state index >= 15 is 0 Å². The summed E-state index contributed by atoms with van der Waals surface area (Å²) in [4.78, 5) is 11.3. The molecule has 0 bridgehead atoms. The highest BCUT2D eigenvalue weighted by Crippen LogP contribution is 2.22. The Morgan fingerprint density at radius 3 is 2.41 bits per heavy atom. The minimum Gasteiger partial charge on any atom is -0.354 e. The summed E-state index contributed by atoms with van der Waals surface area (Å²) in [7, 11) is 1.84. The van der Waals surface area contributed by atoms with Gasteiger partial charge >= 0.3 is 0 Å². The van der Waals surface area contributed by atoms with Crippen molar-refractivity contribution >= 4 is 5.96 Å². The van der Waals surface area contributed by atoms with Crippen molar-refractivity contribution in [1.29, 1.82) is 0 Å². The molecule has 1 aromatic heterocycles. The molecule has 0 unspecified atom stereocenters. The van der Waals surface area contributed by atoms with E-state index < -0.39 is 0 Å². The Kier molecular flexibility index (Phi) is 7.26. The molecule has 5 heteroatoms. The summed E-state index contributed by atoms with van der Waals surface area (Å²) >= 11 is 0. The van der Waals surface area contributed by atoms with Crippen LogP contribution in [0.15, 0.2) is 53.7 Å². The van der Waals surface area contributed by atoms with E-state index in [0.29, 0.717) is 6.04 Å². The first-order valence-electron chi connectivity index (χ1n) is 10.6. The van der Waals surface area contributed by atoms with Crippen LogP contribution >= 0.6 is 0 Å². The van der Waals surface area contributed by atoms with Gasteiger partial charge in [-0.2, -0.15) is 0 Å². The highest BCUT2D eigenvalue weighted by molar-refractivity contribution is 5.79. The van der Waals surface area contributed by atoms with Crippen molar-refractivity contribution in [2.45, 2.75) is 58.2 Å². The standard InChI is InChI=1S/C24H35N5/c1-24(2,3)20-10-8-19(9-11-20)17-27-23(25-4)28-21-12-15-29(16-13-21)18-22-7-5-6-14-26-22/h5-11,14,21H,12-13,15-18H2,1-4H3,(H2,25,27,28). The van der Waals surface area contributed by atoms with Crippen LogP contribution in [0.3, 0.4) is 0 Å². The van der Waals surface area contributed by atoms with Gasteiger partial charge in [-0.3, -0.25) is 14.9 Å². The number of nitrogens with zero attached hydrogens (tertiary/aromatic N) is 3. The second-order valence-electron chi connectivity index (χ2n) is 8.89. The van der Waals surface area contributed by atoms with Crippen LogP contribution in [0.4, 0.5) is 0 Å². The topological polar surface area (TPSA) is 52.6 Å². The minimum atomic E-state index is 0.189. The van der Waals surface area contributed by atoms with E-state index in [2.05, 4.69) is 82.7 Å². The monoisotopic (exact) mass is 393 g/mol. The average molecular weight is 394 g/mol. The van der Waals surface area contributed by atoms with E-state index in [9.17, 15) is 0 Å². The van der Waals surface area contributed by atoms with Gasteiger partial charge in [-0.05, 0) is 41.5 Å². The summed E-state index contributed by atoms with van der Waals surface area (Å²) in [6.45, 7) is 10.6. The van der Waals surface area contributed by atoms with E-state index in [1.54, 1.807) is 0 Å². The molecular formula is C24H35N5. The van der Waals surface area contributed by atoms with Gasteiger partial charge in [0.05, 0.1) is 5.69 Å². The molecule has 2 heterocycles. The second kappa shape index (κ2) is 9.88. The number of hydrogen-bond donors (Lipinski definition) is 2. The first kappa shape index (κ1) is 21.3. The maximum Gasteiger partial charge on any atom is 0.191 e. The van der Waals surface area contributed by atoms with Crippen molar-refractivity contribution in [1.82, 2.24) is 20.5 Å². The molecule has 156 valence electrons. The van der Waals surface area contributed by atoms with Crippen LogP contribution in [-0.2, 0) is 18.5 Å². The molecule has 1 aliphatic heterocycles. The Bertz CT molecular complexity index is 769. The highest BCUT2D eigenvalue weighted by atomic mass is 15.2. The molecule has 2 N–H and O–H groups in total. The van der Waals surface area contributed by atoms with Gasteiger partial charge in [-0.1, -0.05) is 51.1 Å². The van der Waals surface area contributed by atoms with Crippen molar-refractivity contribution < 1.29 is 0 Å². The number of likely N-dealkylation sites (tertiary alicyclic amines) is 1. The third-order valence-electron chi connectivity index (χ3n) is 5.54. The second-order valence-corrected chi connectivity index (χ2v) is 8.89. The van der Waals surface area contributed by atoms with Crippen molar-refractivity contribution in [3.8, 4) is 0 Å². The summed E-state index contributed by atoms with van der Waals surface area (Å²) < 4.78 is 0. The molecule has 0 atom stereocenters. The minimum absolute atomic E-state index is 0.189. The van der Waals surface area contributed by atoms with Gasteiger partial charge in [0.15, 0.2) is 5.96 Å². The molecule has 29 heavy (non-hydrogen) atoms. The van der Waals surface area contributed by atoms with Crippen LogP contribution in [0.5, 0.6) is 0 Å². The summed E-state index contributed by atoms with van der Waals surface area (Å²) in [5, 5.41) is 7.05. The Balaban J connectivity index is 1.42. The van der Waals surface area contributed by atoms with Crippen molar-refractivity contribution in [2.24, 2.45) is 4.99 Å². The van der Waals surface area contributed by atoms with Crippen LogP contribution in [-0.4, -0.2) is 42.0 Å². The van der Waals surface area contributed by atoms with Crippen molar-refractivity contribution in [2.75, 3.05) is 20.1 Å². The maximum atomic E-state index is 4.44. The number of rotatable bonds is 5. The zero-order valence-corrected chi connectivity index (χ0v) is 18.3. The molecular weight excluding hydrogens is 358 g/mol. The number of guanidine groups is 1.